The largest absolute Gasteiger partial charge is 0.378 e. The van der Waals surface area contributed by atoms with Crippen LogP contribution < -0.4 is 0 Å². The third-order valence-electron chi connectivity index (χ3n) is 2.63. The number of rotatable bonds is 7. The molecule has 1 aromatic rings. The van der Waals surface area contributed by atoms with E-state index in [0.29, 0.717) is 18.9 Å². The first kappa shape index (κ1) is 13.9. The van der Waals surface area contributed by atoms with Crippen LogP contribution in [0.4, 0.5) is 0 Å². The van der Waals surface area contributed by atoms with E-state index in [4.69, 9.17) is 4.74 Å². The molecule has 1 rings (SSSR count). The summed E-state index contributed by atoms with van der Waals surface area (Å²) >= 11 is 0. The second-order valence-electron chi connectivity index (χ2n) is 4.85. The summed E-state index contributed by atoms with van der Waals surface area (Å²) in [6.07, 6.45) is 1.74. The second-order valence-corrected chi connectivity index (χ2v) is 4.85. The SMILES string of the molecule is CC(C)CC(C)OCCC(=O)c1ccccc1. The molecule has 0 N–H and O–H groups in total. The van der Waals surface area contributed by atoms with E-state index in [9.17, 15) is 4.79 Å². The molecule has 2 heteroatoms. The summed E-state index contributed by atoms with van der Waals surface area (Å²) in [6, 6.07) is 9.38. The van der Waals surface area contributed by atoms with Crippen molar-refractivity contribution in [1.29, 1.82) is 0 Å². The van der Waals surface area contributed by atoms with Gasteiger partial charge >= 0.3 is 0 Å². The highest BCUT2D eigenvalue weighted by Gasteiger charge is 2.08. The maximum Gasteiger partial charge on any atom is 0.165 e. The van der Waals surface area contributed by atoms with E-state index >= 15 is 0 Å². The minimum absolute atomic E-state index is 0.155. The van der Waals surface area contributed by atoms with E-state index in [-0.39, 0.29) is 11.9 Å². The minimum Gasteiger partial charge on any atom is -0.378 e. The highest BCUT2D eigenvalue weighted by atomic mass is 16.5. The lowest BCUT2D eigenvalue weighted by molar-refractivity contribution is 0.0480. The number of carbonyl (C=O) groups excluding carboxylic acids is 1. The third kappa shape index (κ3) is 5.64. The lowest BCUT2D eigenvalue weighted by Crippen LogP contribution is -2.14. The minimum atomic E-state index is 0.155. The molecular weight excluding hydrogens is 212 g/mol. The Balaban J connectivity index is 2.25. The quantitative estimate of drug-likeness (QED) is 0.672. The Hall–Kier alpha value is -1.15. The van der Waals surface area contributed by atoms with E-state index in [1.165, 1.54) is 0 Å². The maximum atomic E-state index is 11.8. The molecule has 0 bridgehead atoms. The van der Waals surface area contributed by atoms with Gasteiger partial charge in [-0.1, -0.05) is 44.2 Å². The Morgan fingerprint density at radius 1 is 1.18 bits per heavy atom. The summed E-state index contributed by atoms with van der Waals surface area (Å²) in [5, 5.41) is 0. The molecule has 0 fully saturated rings. The standard InChI is InChI=1S/C15H22O2/c1-12(2)11-13(3)17-10-9-15(16)14-7-5-4-6-8-14/h4-8,12-13H,9-11H2,1-3H3. The van der Waals surface area contributed by atoms with Crippen molar-refractivity contribution in [3.8, 4) is 0 Å². The molecule has 0 radical (unpaired) electrons. The van der Waals surface area contributed by atoms with Crippen LogP contribution in [-0.2, 0) is 4.74 Å². The molecular formula is C15H22O2. The number of Topliss-reactive ketones (excluding diaryl/α,β-unsaturated/α-hetero) is 1. The molecule has 17 heavy (non-hydrogen) atoms. The van der Waals surface area contributed by atoms with Gasteiger partial charge in [0.05, 0.1) is 12.7 Å². The van der Waals surface area contributed by atoms with Crippen molar-refractivity contribution >= 4 is 5.78 Å². The number of carbonyl (C=O) groups is 1. The molecule has 1 aromatic carbocycles. The molecule has 0 aliphatic carbocycles. The molecule has 0 amide bonds. The Morgan fingerprint density at radius 3 is 2.41 bits per heavy atom. The molecule has 94 valence electrons. The van der Waals surface area contributed by atoms with E-state index in [2.05, 4.69) is 20.8 Å². The average Bonchev–Trinajstić information content (AvgIpc) is 2.29. The normalized spacial score (nSPS) is 12.7. The van der Waals surface area contributed by atoms with E-state index < -0.39 is 0 Å². The smallest absolute Gasteiger partial charge is 0.165 e. The fourth-order valence-electron chi connectivity index (χ4n) is 1.85. The number of hydrogen-bond donors (Lipinski definition) is 0. The number of hydrogen-bond acceptors (Lipinski definition) is 2. The van der Waals surface area contributed by atoms with Gasteiger partial charge in [-0.2, -0.15) is 0 Å². The molecule has 0 spiro atoms. The summed E-state index contributed by atoms with van der Waals surface area (Å²) in [6.45, 7) is 6.93. The van der Waals surface area contributed by atoms with E-state index in [1.807, 2.05) is 30.3 Å². The van der Waals surface area contributed by atoms with Crippen LogP contribution in [0.1, 0.15) is 44.0 Å². The zero-order valence-electron chi connectivity index (χ0n) is 11.0. The second kappa shape index (κ2) is 7.23. The molecule has 0 saturated carbocycles. The first-order chi connectivity index (χ1) is 8.09. The zero-order valence-corrected chi connectivity index (χ0v) is 11.0. The van der Waals surface area contributed by atoms with Gasteiger partial charge < -0.3 is 4.74 Å². The van der Waals surface area contributed by atoms with Gasteiger partial charge in [0.1, 0.15) is 0 Å². The summed E-state index contributed by atoms with van der Waals surface area (Å²) in [5.74, 6) is 0.789. The van der Waals surface area contributed by atoms with Crippen LogP contribution in [0.2, 0.25) is 0 Å². The predicted molar refractivity (Wildman–Crippen MR) is 70.3 cm³/mol. The van der Waals surface area contributed by atoms with Crippen LogP contribution in [0, 0.1) is 5.92 Å². The predicted octanol–water partition coefficient (Wildman–Crippen LogP) is 3.71. The van der Waals surface area contributed by atoms with Crippen LogP contribution in [0.25, 0.3) is 0 Å². The van der Waals surface area contributed by atoms with Gasteiger partial charge in [-0.15, -0.1) is 0 Å². The van der Waals surface area contributed by atoms with Crippen LogP contribution in [0.3, 0.4) is 0 Å². The molecule has 0 aliphatic heterocycles. The van der Waals surface area contributed by atoms with Crippen molar-refractivity contribution < 1.29 is 9.53 Å². The lowest BCUT2D eigenvalue weighted by atomic mass is 10.1. The first-order valence-electron chi connectivity index (χ1n) is 6.29. The first-order valence-corrected chi connectivity index (χ1v) is 6.29. The highest BCUT2D eigenvalue weighted by molar-refractivity contribution is 5.96. The van der Waals surface area contributed by atoms with Crippen LogP contribution in [0.5, 0.6) is 0 Å². The van der Waals surface area contributed by atoms with Gasteiger partial charge in [0.15, 0.2) is 5.78 Å². The van der Waals surface area contributed by atoms with Gasteiger partial charge in [0.25, 0.3) is 0 Å². The van der Waals surface area contributed by atoms with Crippen molar-refractivity contribution in [1.82, 2.24) is 0 Å². The fourth-order valence-corrected chi connectivity index (χ4v) is 1.85. The number of ether oxygens (including phenoxy) is 1. The lowest BCUT2D eigenvalue weighted by Gasteiger charge is -2.14. The molecule has 0 aromatic heterocycles. The Bertz CT molecular complexity index is 330. The van der Waals surface area contributed by atoms with Crippen molar-refractivity contribution in [2.45, 2.75) is 39.7 Å². The third-order valence-corrected chi connectivity index (χ3v) is 2.63. The molecule has 0 aliphatic rings. The molecule has 0 heterocycles. The van der Waals surface area contributed by atoms with Crippen LogP contribution in [0.15, 0.2) is 30.3 Å². The molecule has 0 saturated heterocycles. The van der Waals surface area contributed by atoms with Gasteiger partial charge in [0, 0.05) is 12.0 Å². The summed E-state index contributed by atoms with van der Waals surface area (Å²) < 4.78 is 5.62. The molecule has 1 unspecified atom stereocenters. The molecule has 2 nitrogen and oxygen atoms in total. The van der Waals surface area contributed by atoms with Gasteiger partial charge in [-0.3, -0.25) is 4.79 Å². The number of benzene rings is 1. The zero-order chi connectivity index (χ0) is 12.7. The average molecular weight is 234 g/mol. The summed E-state index contributed by atoms with van der Waals surface area (Å²) in [7, 11) is 0. The van der Waals surface area contributed by atoms with Crippen molar-refractivity contribution in [3.05, 3.63) is 35.9 Å². The van der Waals surface area contributed by atoms with Crippen molar-refractivity contribution in [3.63, 3.8) is 0 Å². The van der Waals surface area contributed by atoms with Crippen molar-refractivity contribution in [2.24, 2.45) is 5.92 Å². The van der Waals surface area contributed by atoms with Gasteiger partial charge in [-0.05, 0) is 19.3 Å². The Morgan fingerprint density at radius 2 is 1.82 bits per heavy atom. The monoisotopic (exact) mass is 234 g/mol. The van der Waals surface area contributed by atoms with Gasteiger partial charge in [-0.25, -0.2) is 0 Å². The van der Waals surface area contributed by atoms with Crippen LogP contribution >= 0.6 is 0 Å². The van der Waals surface area contributed by atoms with E-state index in [0.717, 1.165) is 12.0 Å². The maximum absolute atomic E-state index is 11.8. The van der Waals surface area contributed by atoms with E-state index in [1.54, 1.807) is 0 Å². The topological polar surface area (TPSA) is 26.3 Å². The number of ketones is 1. The fraction of sp³-hybridized carbons (Fsp3) is 0.533. The Kier molecular flexibility index (Phi) is 5.92. The summed E-state index contributed by atoms with van der Waals surface area (Å²) in [5.41, 5.74) is 0.771. The summed E-state index contributed by atoms with van der Waals surface area (Å²) in [4.78, 5) is 11.8. The molecule has 1 atom stereocenters. The van der Waals surface area contributed by atoms with Gasteiger partial charge in [0.2, 0.25) is 0 Å². The Labute approximate surface area is 104 Å². The highest BCUT2D eigenvalue weighted by Crippen LogP contribution is 2.09. The van der Waals surface area contributed by atoms with Crippen LogP contribution in [-0.4, -0.2) is 18.5 Å². The van der Waals surface area contributed by atoms with Crippen molar-refractivity contribution in [2.75, 3.05) is 6.61 Å².